The molecule has 2 aromatic heterocycles. The summed E-state index contributed by atoms with van der Waals surface area (Å²) in [5.41, 5.74) is 1.47. The fourth-order valence-corrected chi connectivity index (χ4v) is 0.897. The fraction of sp³-hybridized carbons (Fsp3) is 0. The van der Waals surface area contributed by atoms with Crippen LogP contribution in [0.2, 0.25) is 0 Å². The van der Waals surface area contributed by atoms with E-state index < -0.39 is 0 Å². The molecule has 0 unspecified atom stereocenters. The van der Waals surface area contributed by atoms with Crippen molar-refractivity contribution in [1.29, 1.82) is 0 Å². The van der Waals surface area contributed by atoms with E-state index in [4.69, 9.17) is 0 Å². The van der Waals surface area contributed by atoms with E-state index in [0.29, 0.717) is 5.69 Å². The van der Waals surface area contributed by atoms with E-state index in [9.17, 15) is 4.79 Å². The van der Waals surface area contributed by atoms with Gasteiger partial charge in [-0.2, -0.15) is 0 Å². The molecule has 0 atom stereocenters. The van der Waals surface area contributed by atoms with Gasteiger partial charge in [-0.05, 0) is 6.07 Å². The summed E-state index contributed by atoms with van der Waals surface area (Å²) in [6, 6.07) is 1.74. The van der Waals surface area contributed by atoms with Gasteiger partial charge in [0.25, 0.3) is 0 Å². The first-order valence-corrected chi connectivity index (χ1v) is 2.86. The van der Waals surface area contributed by atoms with Gasteiger partial charge >= 0.3 is 0 Å². The highest BCUT2D eigenvalue weighted by molar-refractivity contribution is 5.74. The molecule has 4 nitrogen and oxygen atoms in total. The number of carbonyl (C=O) groups excluding carboxylic acids is 1. The third-order valence-corrected chi connectivity index (χ3v) is 1.35. The average Bonchev–Trinajstić information content (AvgIpc) is 2.42. The largest absolute Gasteiger partial charge is 0.296 e. The van der Waals surface area contributed by atoms with Crippen molar-refractivity contribution in [3.63, 3.8) is 0 Å². The van der Waals surface area contributed by atoms with E-state index in [1.165, 1.54) is 0 Å². The predicted octanol–water partition coefficient (Wildman–Crippen LogP) is 0.475. The van der Waals surface area contributed by atoms with Gasteiger partial charge in [-0.3, -0.25) is 9.89 Å². The van der Waals surface area contributed by atoms with Gasteiger partial charge in [-0.25, -0.2) is 9.50 Å². The Kier molecular flexibility index (Phi) is 0.887. The SMILES string of the molecule is O=Cc1cc2cncn2[nH]1. The summed E-state index contributed by atoms with van der Waals surface area (Å²) in [7, 11) is 0. The normalized spacial score (nSPS) is 10.4. The number of hydrogen-bond acceptors (Lipinski definition) is 2. The predicted molar refractivity (Wildman–Crippen MR) is 34.9 cm³/mol. The molecule has 2 heterocycles. The molecular weight excluding hydrogens is 130 g/mol. The van der Waals surface area contributed by atoms with E-state index in [1.807, 2.05) is 0 Å². The van der Waals surface area contributed by atoms with Crippen LogP contribution >= 0.6 is 0 Å². The lowest BCUT2D eigenvalue weighted by atomic mass is 10.4. The summed E-state index contributed by atoms with van der Waals surface area (Å²) >= 11 is 0. The molecule has 0 aliphatic heterocycles. The zero-order valence-electron chi connectivity index (χ0n) is 5.11. The number of hydrogen-bond donors (Lipinski definition) is 1. The van der Waals surface area contributed by atoms with Crippen LogP contribution in [-0.4, -0.2) is 20.9 Å². The Morgan fingerprint density at radius 2 is 2.60 bits per heavy atom. The summed E-state index contributed by atoms with van der Waals surface area (Å²) in [4.78, 5) is 14.1. The first-order chi connectivity index (χ1) is 4.90. The summed E-state index contributed by atoms with van der Waals surface area (Å²) < 4.78 is 1.68. The van der Waals surface area contributed by atoms with Crippen LogP contribution in [0.1, 0.15) is 10.5 Å². The lowest BCUT2D eigenvalue weighted by Crippen LogP contribution is -1.82. The molecule has 2 rings (SSSR count). The van der Waals surface area contributed by atoms with Gasteiger partial charge in [0.05, 0.1) is 17.4 Å². The van der Waals surface area contributed by atoms with Crippen LogP contribution in [0.4, 0.5) is 0 Å². The third-order valence-electron chi connectivity index (χ3n) is 1.35. The van der Waals surface area contributed by atoms with Gasteiger partial charge in [-0.15, -0.1) is 0 Å². The van der Waals surface area contributed by atoms with Gasteiger partial charge in [0, 0.05) is 0 Å². The van der Waals surface area contributed by atoms with E-state index in [2.05, 4.69) is 10.1 Å². The summed E-state index contributed by atoms with van der Waals surface area (Å²) in [5, 5.41) is 2.81. The highest BCUT2D eigenvalue weighted by atomic mass is 16.1. The molecule has 10 heavy (non-hydrogen) atoms. The Hall–Kier alpha value is -1.58. The van der Waals surface area contributed by atoms with Crippen molar-refractivity contribution in [3.05, 3.63) is 24.3 Å². The number of aromatic nitrogens is 3. The smallest absolute Gasteiger partial charge is 0.167 e. The van der Waals surface area contributed by atoms with Crippen molar-refractivity contribution >= 4 is 11.8 Å². The van der Waals surface area contributed by atoms with E-state index >= 15 is 0 Å². The summed E-state index contributed by atoms with van der Waals surface area (Å²) in [5.74, 6) is 0. The van der Waals surface area contributed by atoms with Crippen LogP contribution in [0.5, 0.6) is 0 Å². The quantitative estimate of drug-likeness (QED) is 0.578. The van der Waals surface area contributed by atoms with Crippen molar-refractivity contribution in [2.24, 2.45) is 0 Å². The van der Waals surface area contributed by atoms with Gasteiger partial charge in [0.15, 0.2) is 6.29 Å². The topological polar surface area (TPSA) is 50.2 Å². The maximum absolute atomic E-state index is 10.2. The van der Waals surface area contributed by atoms with Crippen molar-refractivity contribution in [3.8, 4) is 0 Å². The number of carbonyl (C=O) groups is 1. The summed E-state index contributed by atoms with van der Waals surface area (Å²) in [6.07, 6.45) is 4.07. The van der Waals surface area contributed by atoms with Gasteiger partial charge in [0.1, 0.15) is 6.33 Å². The van der Waals surface area contributed by atoms with Gasteiger partial charge in [0.2, 0.25) is 0 Å². The zero-order chi connectivity index (χ0) is 6.97. The van der Waals surface area contributed by atoms with Crippen LogP contribution in [0.15, 0.2) is 18.6 Å². The highest BCUT2D eigenvalue weighted by Crippen LogP contribution is 2.01. The highest BCUT2D eigenvalue weighted by Gasteiger charge is 1.96. The second kappa shape index (κ2) is 1.70. The van der Waals surface area contributed by atoms with Gasteiger partial charge < -0.3 is 0 Å². The van der Waals surface area contributed by atoms with Crippen molar-refractivity contribution in [1.82, 2.24) is 14.6 Å². The first-order valence-electron chi connectivity index (χ1n) is 2.86. The van der Waals surface area contributed by atoms with Crippen LogP contribution in [0.25, 0.3) is 5.52 Å². The average molecular weight is 135 g/mol. The van der Waals surface area contributed by atoms with Crippen molar-refractivity contribution in [2.45, 2.75) is 0 Å². The van der Waals surface area contributed by atoms with Crippen LogP contribution in [-0.2, 0) is 0 Å². The molecule has 0 amide bonds. The minimum absolute atomic E-state index is 0.567. The molecule has 0 radical (unpaired) electrons. The molecule has 0 aromatic carbocycles. The second-order valence-corrected chi connectivity index (χ2v) is 2.02. The van der Waals surface area contributed by atoms with Crippen LogP contribution in [0.3, 0.4) is 0 Å². The molecular formula is C6H5N3O. The number of nitrogens with one attached hydrogen (secondary N) is 1. The molecule has 50 valence electrons. The number of H-pyrrole nitrogens is 1. The number of rotatable bonds is 1. The maximum Gasteiger partial charge on any atom is 0.167 e. The third kappa shape index (κ3) is 0.556. The minimum atomic E-state index is 0.567. The number of aldehydes is 1. The van der Waals surface area contributed by atoms with Gasteiger partial charge in [-0.1, -0.05) is 0 Å². The Morgan fingerprint density at radius 1 is 1.70 bits per heavy atom. The lowest BCUT2D eigenvalue weighted by molar-refractivity contribution is 0.111. The Labute approximate surface area is 56.5 Å². The molecule has 1 N–H and O–H groups in total. The number of fused-ring (bicyclic) bond motifs is 1. The monoisotopic (exact) mass is 135 g/mol. The molecule has 0 spiro atoms. The fourth-order valence-electron chi connectivity index (χ4n) is 0.897. The molecule has 0 saturated carbocycles. The van der Waals surface area contributed by atoms with E-state index in [1.54, 1.807) is 23.1 Å². The standard InChI is InChI=1S/C6H5N3O/c10-3-5-1-6-2-7-4-9(6)8-5/h1-4,8H. The molecule has 2 aromatic rings. The Bertz CT molecular complexity index is 331. The Balaban J connectivity index is 2.78. The molecule has 0 bridgehead atoms. The zero-order valence-corrected chi connectivity index (χ0v) is 5.11. The first kappa shape index (κ1) is 5.22. The van der Waals surface area contributed by atoms with Crippen molar-refractivity contribution < 1.29 is 4.79 Å². The second-order valence-electron chi connectivity index (χ2n) is 2.02. The van der Waals surface area contributed by atoms with E-state index in [0.717, 1.165) is 11.8 Å². The van der Waals surface area contributed by atoms with Crippen LogP contribution in [0, 0.1) is 0 Å². The van der Waals surface area contributed by atoms with Crippen molar-refractivity contribution in [2.75, 3.05) is 0 Å². The Morgan fingerprint density at radius 3 is 3.30 bits per heavy atom. The summed E-state index contributed by atoms with van der Waals surface area (Å²) in [6.45, 7) is 0. The lowest BCUT2D eigenvalue weighted by Gasteiger charge is -1.78. The number of imidazole rings is 1. The molecule has 0 saturated heterocycles. The molecule has 0 aliphatic carbocycles. The minimum Gasteiger partial charge on any atom is -0.296 e. The number of aromatic amines is 1. The molecule has 0 aliphatic rings. The number of nitrogens with zero attached hydrogens (tertiary/aromatic N) is 2. The van der Waals surface area contributed by atoms with Crippen LogP contribution < -0.4 is 0 Å². The molecule has 4 heteroatoms. The molecule has 0 fully saturated rings. The van der Waals surface area contributed by atoms with E-state index in [-0.39, 0.29) is 0 Å². The maximum atomic E-state index is 10.2.